The van der Waals surface area contributed by atoms with E-state index in [0.717, 1.165) is 42.9 Å². The molecule has 1 fully saturated rings. The number of carbonyl (C=O) groups is 1. The van der Waals surface area contributed by atoms with Gasteiger partial charge in [0.05, 0.1) is 6.34 Å². The van der Waals surface area contributed by atoms with Crippen LogP contribution in [0.5, 0.6) is 0 Å². The molecule has 1 aromatic carbocycles. The third-order valence-electron chi connectivity index (χ3n) is 6.55. The van der Waals surface area contributed by atoms with E-state index in [9.17, 15) is 4.79 Å². The minimum absolute atomic E-state index is 0.216. The Hall–Kier alpha value is -2.73. The third kappa shape index (κ3) is 10.9. The first-order valence-corrected chi connectivity index (χ1v) is 14.1. The molecule has 0 aromatic heterocycles. The van der Waals surface area contributed by atoms with E-state index in [4.69, 9.17) is 16.3 Å². The van der Waals surface area contributed by atoms with Crippen LogP contribution in [0.15, 0.2) is 53.2 Å². The van der Waals surface area contributed by atoms with Crippen molar-refractivity contribution in [2.24, 2.45) is 10.9 Å². The molecule has 0 saturated carbocycles. The van der Waals surface area contributed by atoms with Crippen LogP contribution in [0, 0.1) is 5.92 Å². The third-order valence-corrected chi connectivity index (χ3v) is 6.78. The number of hydrogen-bond acceptors (Lipinski definition) is 4. The highest BCUT2D eigenvalue weighted by atomic mass is 35.5. The van der Waals surface area contributed by atoms with Gasteiger partial charge < -0.3 is 19.9 Å². The lowest BCUT2D eigenvalue weighted by atomic mass is 9.75. The van der Waals surface area contributed by atoms with Crippen molar-refractivity contribution in [1.29, 1.82) is 0 Å². The number of piperidine rings is 1. The Kier molecular flexibility index (Phi) is 12.9. The first-order chi connectivity index (χ1) is 18.0. The Labute approximate surface area is 235 Å². The molecule has 2 rings (SSSR count). The molecule has 7 heteroatoms. The first kappa shape index (κ1) is 31.5. The maximum absolute atomic E-state index is 12.7. The maximum Gasteiger partial charge on any atom is 0.410 e. The van der Waals surface area contributed by atoms with Gasteiger partial charge in [-0.1, -0.05) is 41.5 Å². The Morgan fingerprint density at radius 2 is 2.03 bits per heavy atom. The highest BCUT2D eigenvalue weighted by Gasteiger charge is 2.32. The minimum Gasteiger partial charge on any atom is -0.444 e. The Bertz CT molecular complexity index is 1000. The number of carbonyl (C=O) groups excluding carboxylic acids is 1. The summed E-state index contributed by atoms with van der Waals surface area (Å²) in [6.07, 6.45) is 15.0. The number of halogens is 1. The molecule has 1 aromatic rings. The second-order valence-electron chi connectivity index (χ2n) is 11.0. The van der Waals surface area contributed by atoms with Gasteiger partial charge in [0.2, 0.25) is 0 Å². The summed E-state index contributed by atoms with van der Waals surface area (Å²) >= 11 is 6.46. The molecule has 6 nitrogen and oxygen atoms in total. The quantitative estimate of drug-likeness (QED) is 0.183. The van der Waals surface area contributed by atoms with E-state index in [0.29, 0.717) is 24.9 Å². The average molecular weight is 543 g/mol. The summed E-state index contributed by atoms with van der Waals surface area (Å²) in [5.41, 5.74) is 3.28. The molecule has 210 valence electrons. The topological polar surface area (TPSA) is 57.2 Å². The van der Waals surface area contributed by atoms with Gasteiger partial charge >= 0.3 is 6.09 Å². The molecular weight excluding hydrogens is 496 g/mol. The number of nitrogens with one attached hydrogen (secondary N) is 1. The molecule has 1 heterocycles. The number of aliphatic imine (C=N–C) groups is 1. The van der Waals surface area contributed by atoms with Crippen molar-refractivity contribution in [1.82, 2.24) is 15.1 Å². The molecule has 1 atom stereocenters. The number of likely N-dealkylation sites (tertiary alicyclic amines) is 1. The largest absolute Gasteiger partial charge is 0.444 e. The van der Waals surface area contributed by atoms with Crippen molar-refractivity contribution >= 4 is 30.1 Å². The van der Waals surface area contributed by atoms with E-state index in [1.165, 1.54) is 11.1 Å². The monoisotopic (exact) mass is 542 g/mol. The fourth-order valence-electron chi connectivity index (χ4n) is 4.71. The maximum atomic E-state index is 12.7. The van der Waals surface area contributed by atoms with E-state index in [1.54, 1.807) is 0 Å². The fraction of sp³-hybridized carbons (Fsp3) is 0.548. The van der Waals surface area contributed by atoms with Crippen molar-refractivity contribution < 1.29 is 9.53 Å². The lowest BCUT2D eigenvalue weighted by Gasteiger charge is -2.37. The van der Waals surface area contributed by atoms with Gasteiger partial charge in [-0.2, -0.15) is 0 Å². The minimum atomic E-state index is -0.486. The summed E-state index contributed by atoms with van der Waals surface area (Å²) < 4.78 is 5.62. The van der Waals surface area contributed by atoms with Crippen LogP contribution in [-0.4, -0.2) is 68.1 Å². The summed E-state index contributed by atoms with van der Waals surface area (Å²) in [6.45, 7) is 12.9. The van der Waals surface area contributed by atoms with Gasteiger partial charge in [0.1, 0.15) is 5.60 Å². The van der Waals surface area contributed by atoms with Crippen LogP contribution in [0.4, 0.5) is 4.79 Å². The lowest BCUT2D eigenvalue weighted by molar-refractivity contribution is 0.0173. The molecule has 1 saturated heterocycles. The van der Waals surface area contributed by atoms with Gasteiger partial charge in [0, 0.05) is 45.3 Å². The summed E-state index contributed by atoms with van der Waals surface area (Å²) in [7, 11) is 3.93. The van der Waals surface area contributed by atoms with Gasteiger partial charge in [0.25, 0.3) is 0 Å². The van der Waals surface area contributed by atoms with Gasteiger partial charge in [-0.3, -0.25) is 4.99 Å². The van der Waals surface area contributed by atoms with Gasteiger partial charge in [-0.25, -0.2) is 4.79 Å². The van der Waals surface area contributed by atoms with Crippen LogP contribution >= 0.6 is 11.6 Å². The first-order valence-electron chi connectivity index (χ1n) is 13.7. The Morgan fingerprint density at radius 1 is 1.32 bits per heavy atom. The van der Waals surface area contributed by atoms with Gasteiger partial charge in [-0.05, 0) is 101 Å². The van der Waals surface area contributed by atoms with Crippen LogP contribution in [0.25, 0.3) is 6.08 Å². The number of ether oxygens (including phenoxy) is 1. The smallest absolute Gasteiger partial charge is 0.410 e. The molecule has 0 radical (unpaired) electrons. The molecule has 1 amide bonds. The molecule has 38 heavy (non-hydrogen) atoms. The number of likely N-dealkylation sites (N-methyl/N-ethyl adjacent to an activating group) is 1. The zero-order valence-electron chi connectivity index (χ0n) is 24.3. The molecule has 1 aliphatic heterocycles. The molecular formula is C31H47ClN4O2. The van der Waals surface area contributed by atoms with Crippen molar-refractivity contribution in [2.75, 3.05) is 40.3 Å². The predicted octanol–water partition coefficient (Wildman–Crippen LogP) is 7.13. The highest BCUT2D eigenvalue weighted by molar-refractivity contribution is 6.30. The number of allylic oxidation sites excluding steroid dienone is 3. The summed E-state index contributed by atoms with van der Waals surface area (Å²) in [5, 5.41) is 3.79. The SMILES string of the molecule is CCN=CN(C)C/C=C/c1cc(Cl)ccc1C(C/C(C)=C\C=C/NC)C1CCN(C(=O)OC(C)(C)C)CC1. The second kappa shape index (κ2) is 15.6. The van der Waals surface area contributed by atoms with Crippen LogP contribution < -0.4 is 5.32 Å². The summed E-state index contributed by atoms with van der Waals surface area (Å²) in [4.78, 5) is 20.9. The zero-order chi connectivity index (χ0) is 28.1. The van der Waals surface area contributed by atoms with Crippen LogP contribution in [0.2, 0.25) is 5.02 Å². The zero-order valence-corrected chi connectivity index (χ0v) is 25.1. The summed E-state index contributed by atoms with van der Waals surface area (Å²) in [5.74, 6) is 0.754. The van der Waals surface area contributed by atoms with Crippen LogP contribution in [0.3, 0.4) is 0 Å². The molecule has 0 aliphatic carbocycles. The van der Waals surface area contributed by atoms with Crippen LogP contribution in [-0.2, 0) is 4.74 Å². The van der Waals surface area contributed by atoms with E-state index in [1.807, 2.05) is 71.4 Å². The summed E-state index contributed by atoms with van der Waals surface area (Å²) in [6, 6.07) is 6.25. The van der Waals surface area contributed by atoms with Gasteiger partial charge in [0.15, 0.2) is 0 Å². The average Bonchev–Trinajstić information content (AvgIpc) is 2.86. The Morgan fingerprint density at radius 3 is 2.66 bits per heavy atom. The fourth-order valence-corrected chi connectivity index (χ4v) is 4.89. The number of benzene rings is 1. The normalized spacial score (nSPS) is 16.5. The Balaban J connectivity index is 2.31. The molecule has 0 bridgehead atoms. The molecule has 1 aliphatic rings. The number of nitrogens with zero attached hydrogens (tertiary/aromatic N) is 3. The van der Waals surface area contributed by atoms with Crippen molar-refractivity contribution in [2.45, 2.75) is 65.4 Å². The van der Waals surface area contributed by atoms with E-state index in [2.05, 4.69) is 52.5 Å². The van der Waals surface area contributed by atoms with Crippen molar-refractivity contribution in [3.63, 3.8) is 0 Å². The number of rotatable bonds is 11. The van der Waals surface area contributed by atoms with E-state index >= 15 is 0 Å². The lowest BCUT2D eigenvalue weighted by Crippen LogP contribution is -2.42. The van der Waals surface area contributed by atoms with Crippen molar-refractivity contribution in [3.8, 4) is 0 Å². The highest BCUT2D eigenvalue weighted by Crippen LogP contribution is 2.40. The van der Waals surface area contributed by atoms with E-state index in [-0.39, 0.29) is 6.09 Å². The number of amides is 1. The molecule has 0 spiro atoms. The van der Waals surface area contributed by atoms with Crippen molar-refractivity contribution in [3.05, 3.63) is 64.3 Å². The standard InChI is InChI=1S/C31H47ClN4O2/c1-8-34-23-35(7)18-10-12-26-22-27(32)13-14-28(26)29(21-24(2)11-9-17-33-6)25-15-19-36(20-16-25)30(37)38-31(3,4)5/h9-14,17,22-23,25,29,33H,8,15-16,18-21H2,1-7H3/b12-10+,17-9-,24-11-,34-23?. The number of hydrogen-bond donors (Lipinski definition) is 1. The van der Waals surface area contributed by atoms with Gasteiger partial charge in [-0.15, -0.1) is 0 Å². The predicted molar refractivity (Wildman–Crippen MR) is 162 cm³/mol. The molecule has 1 N–H and O–H groups in total. The second-order valence-corrected chi connectivity index (χ2v) is 11.4. The molecule has 1 unspecified atom stereocenters. The van der Waals surface area contributed by atoms with E-state index < -0.39 is 5.60 Å². The van der Waals surface area contributed by atoms with Crippen LogP contribution in [0.1, 0.15) is 70.9 Å².